The van der Waals surface area contributed by atoms with Crippen molar-refractivity contribution < 1.29 is 24.2 Å². The number of anilines is 2. The summed E-state index contributed by atoms with van der Waals surface area (Å²) in [6.45, 7) is 15.8. The summed E-state index contributed by atoms with van der Waals surface area (Å²) in [7, 11) is -0.742. The molecular formula is C49H64N6O5Si. The van der Waals surface area contributed by atoms with Crippen LogP contribution >= 0.6 is 0 Å². The number of aliphatic hydroxyl groups is 1. The number of aromatic nitrogens is 3. The monoisotopic (exact) mass is 844 g/mol. The lowest BCUT2D eigenvalue weighted by Crippen LogP contribution is -2.52. The lowest BCUT2D eigenvalue weighted by molar-refractivity contribution is -0.145. The first-order valence-electron chi connectivity index (χ1n) is 22.0. The van der Waals surface area contributed by atoms with Crippen molar-refractivity contribution in [3.63, 3.8) is 0 Å². The molecule has 2 saturated heterocycles. The standard InChI is InChI=1S/C49H64N6O5Si/c1-33(2)13-11-14-34(3)24-28-55-44-23-18-38(51-47(57)37-17-12-26-50-30-37)29-42(44)49(48(55)58)35(4)46(61(6,7)40-21-19-39(59-5)20-22-40)45(60-49)25-27-54-31-43(52-53-54)41(32-56)36-15-9-8-10-16-36/h8-10,13,15-16,18-24,29,31,35,37,41,45-46,50,56H,11-12,14,17,25-28,30,32H2,1-7H3,(H,51,57)/b34-24+/t35-,37?,41?,45+,46-,49+/m0/s1. The smallest absolute Gasteiger partial charge is 0.264 e. The molecule has 4 aromatic rings. The van der Waals surface area contributed by atoms with Crippen molar-refractivity contribution in [1.82, 2.24) is 20.3 Å². The maximum Gasteiger partial charge on any atom is 0.264 e. The summed E-state index contributed by atoms with van der Waals surface area (Å²) >= 11 is 0. The Morgan fingerprint density at radius 3 is 2.56 bits per heavy atom. The number of amides is 2. The van der Waals surface area contributed by atoms with Crippen LogP contribution in [0.25, 0.3) is 0 Å². The van der Waals surface area contributed by atoms with Crippen LogP contribution in [0.5, 0.6) is 5.75 Å². The number of ether oxygens (including phenoxy) is 2. The maximum absolute atomic E-state index is 15.5. The molecule has 1 spiro atoms. The first-order chi connectivity index (χ1) is 29.4. The van der Waals surface area contributed by atoms with Crippen LogP contribution in [0.3, 0.4) is 0 Å². The predicted octanol–water partition coefficient (Wildman–Crippen LogP) is 7.69. The number of carbonyl (C=O) groups excluding carboxylic acids is 2. The fourth-order valence-corrected chi connectivity index (χ4v) is 14.1. The molecule has 7 rings (SSSR count). The van der Waals surface area contributed by atoms with E-state index in [4.69, 9.17) is 9.47 Å². The minimum atomic E-state index is -2.42. The fraction of sp³-hybridized carbons (Fsp3) is 0.469. The van der Waals surface area contributed by atoms with Gasteiger partial charge in [-0.15, -0.1) is 5.10 Å². The van der Waals surface area contributed by atoms with Gasteiger partial charge in [0.05, 0.1) is 51.1 Å². The largest absolute Gasteiger partial charge is 0.497 e. The Hall–Kier alpha value is -4.88. The molecule has 2 unspecified atom stereocenters. The molecule has 1 aromatic heterocycles. The molecule has 3 N–H and O–H groups in total. The lowest BCUT2D eigenvalue weighted by Gasteiger charge is -2.37. The third-order valence-electron chi connectivity index (χ3n) is 13.4. The highest BCUT2D eigenvalue weighted by Crippen LogP contribution is 2.60. The van der Waals surface area contributed by atoms with Crippen LogP contribution in [0.1, 0.15) is 82.5 Å². The molecule has 0 aliphatic carbocycles. The fourth-order valence-electron chi connectivity index (χ4n) is 10.00. The van der Waals surface area contributed by atoms with Crippen LogP contribution in [0.2, 0.25) is 18.6 Å². The summed E-state index contributed by atoms with van der Waals surface area (Å²) in [5.41, 5.74) is 5.25. The number of methoxy groups -OCH3 is 1. The molecule has 11 nitrogen and oxygen atoms in total. The van der Waals surface area contributed by atoms with Gasteiger partial charge in [0.1, 0.15) is 5.75 Å². The highest BCUT2D eigenvalue weighted by molar-refractivity contribution is 6.91. The summed E-state index contributed by atoms with van der Waals surface area (Å²) < 4.78 is 14.9. The Labute approximate surface area is 362 Å². The van der Waals surface area contributed by atoms with E-state index in [1.165, 1.54) is 16.3 Å². The molecule has 2 amide bonds. The summed E-state index contributed by atoms with van der Waals surface area (Å²) in [4.78, 5) is 30.9. The maximum atomic E-state index is 15.5. The van der Waals surface area contributed by atoms with E-state index < -0.39 is 13.7 Å². The normalized spacial score (nSPS) is 23.2. The number of allylic oxidation sites excluding steroid dienone is 3. The van der Waals surface area contributed by atoms with Gasteiger partial charge in [-0.3, -0.25) is 14.3 Å². The Kier molecular flexibility index (Phi) is 13.8. The van der Waals surface area contributed by atoms with Gasteiger partial charge in [-0.1, -0.05) is 96.2 Å². The zero-order valence-electron chi connectivity index (χ0n) is 37.0. The minimum absolute atomic E-state index is 0.00982. The van der Waals surface area contributed by atoms with E-state index in [9.17, 15) is 9.90 Å². The van der Waals surface area contributed by atoms with Crippen molar-refractivity contribution in [3.05, 3.63) is 119 Å². The highest BCUT2D eigenvalue weighted by atomic mass is 28.3. The molecule has 2 fully saturated rings. The van der Waals surface area contributed by atoms with Crippen molar-refractivity contribution in [2.24, 2.45) is 11.8 Å². The second-order valence-electron chi connectivity index (χ2n) is 18.0. The van der Waals surface area contributed by atoms with Crippen LogP contribution in [0, 0.1) is 11.8 Å². The van der Waals surface area contributed by atoms with Gasteiger partial charge in [0.2, 0.25) is 5.91 Å². The van der Waals surface area contributed by atoms with Crippen molar-refractivity contribution in [1.29, 1.82) is 0 Å². The van der Waals surface area contributed by atoms with E-state index in [-0.39, 0.29) is 47.8 Å². The van der Waals surface area contributed by atoms with Crippen LogP contribution in [-0.2, 0) is 26.5 Å². The second kappa shape index (κ2) is 19.0. The van der Waals surface area contributed by atoms with Crippen molar-refractivity contribution >= 4 is 36.4 Å². The molecule has 6 atom stereocenters. The number of rotatable bonds is 16. The van der Waals surface area contributed by atoms with Crippen LogP contribution in [-0.4, -0.2) is 79.4 Å². The number of nitrogens with zero attached hydrogens (tertiary/aromatic N) is 4. The molecule has 324 valence electrons. The van der Waals surface area contributed by atoms with Gasteiger partial charge < -0.3 is 30.1 Å². The number of hydrogen-bond donors (Lipinski definition) is 3. The molecule has 3 aliphatic heterocycles. The first kappa shape index (κ1) is 44.2. The van der Waals surface area contributed by atoms with Gasteiger partial charge in [0, 0.05) is 43.0 Å². The minimum Gasteiger partial charge on any atom is -0.497 e. The number of hydrogen-bond acceptors (Lipinski definition) is 8. The van der Waals surface area contributed by atoms with Gasteiger partial charge in [0.25, 0.3) is 5.91 Å². The number of aryl methyl sites for hydroxylation is 1. The SMILES string of the molecule is COc1ccc([Si](C)(C)[C@@H]2[C@@H](CCn3cc(C(CO)c4ccccc4)nn3)O[C@]3(C(=O)N(C/C=C(\C)CCC=C(C)C)c4ccc(NC(=O)C5CCCNC5)cc43)[C@H]2C)cc1. The van der Waals surface area contributed by atoms with Crippen molar-refractivity contribution in [2.75, 3.05) is 43.6 Å². The second-order valence-corrected chi connectivity index (χ2v) is 22.7. The molecule has 12 heteroatoms. The number of nitrogens with one attached hydrogen (secondary N) is 2. The predicted molar refractivity (Wildman–Crippen MR) is 245 cm³/mol. The summed E-state index contributed by atoms with van der Waals surface area (Å²) in [6, 6.07) is 24.2. The molecule has 0 bridgehead atoms. The summed E-state index contributed by atoms with van der Waals surface area (Å²) in [5, 5.41) is 27.2. The molecule has 3 aromatic carbocycles. The van der Waals surface area contributed by atoms with Gasteiger partial charge in [0.15, 0.2) is 5.60 Å². The number of fused-ring (bicyclic) bond motifs is 2. The Morgan fingerprint density at radius 2 is 1.87 bits per heavy atom. The zero-order chi connectivity index (χ0) is 43.3. The zero-order valence-corrected chi connectivity index (χ0v) is 38.0. The molecule has 3 aliphatic rings. The van der Waals surface area contributed by atoms with Crippen LogP contribution in [0.4, 0.5) is 11.4 Å². The summed E-state index contributed by atoms with van der Waals surface area (Å²) in [5.74, 6) is 0.114. The van der Waals surface area contributed by atoms with Gasteiger partial charge in [-0.25, -0.2) is 0 Å². The van der Waals surface area contributed by atoms with Gasteiger partial charge >= 0.3 is 0 Å². The third-order valence-corrected chi connectivity index (χ3v) is 17.8. The van der Waals surface area contributed by atoms with Crippen LogP contribution in [0.15, 0.2) is 102 Å². The van der Waals surface area contributed by atoms with E-state index in [2.05, 4.69) is 86.0 Å². The highest BCUT2D eigenvalue weighted by Gasteiger charge is 2.66. The Balaban J connectivity index is 1.26. The lowest BCUT2D eigenvalue weighted by atomic mass is 9.82. The first-order valence-corrected chi connectivity index (χ1v) is 25.1. The molecular weight excluding hydrogens is 781 g/mol. The quantitative estimate of drug-likeness (QED) is 0.0774. The van der Waals surface area contributed by atoms with Crippen molar-refractivity contribution in [2.45, 2.75) is 103 Å². The average molecular weight is 845 g/mol. The van der Waals surface area contributed by atoms with Gasteiger partial charge in [-0.05, 0) is 101 Å². The Bertz CT molecular complexity index is 2210. The van der Waals surface area contributed by atoms with E-state index in [0.717, 1.165) is 54.8 Å². The van der Waals surface area contributed by atoms with Crippen LogP contribution < -0.4 is 25.5 Å². The number of carbonyl (C=O) groups is 2. The number of aliphatic hydroxyl groups excluding tert-OH is 1. The van der Waals surface area contributed by atoms with E-state index in [1.807, 2.05) is 76.4 Å². The third kappa shape index (κ3) is 9.19. The van der Waals surface area contributed by atoms with Gasteiger partial charge in [-0.2, -0.15) is 0 Å². The summed E-state index contributed by atoms with van der Waals surface area (Å²) in [6.07, 6.45) is 10.3. The Morgan fingerprint density at radius 1 is 1.10 bits per heavy atom. The van der Waals surface area contributed by atoms with E-state index >= 15 is 4.79 Å². The number of piperidine rings is 1. The molecule has 0 saturated carbocycles. The molecule has 0 radical (unpaired) electrons. The van der Waals surface area contributed by atoms with Crippen molar-refractivity contribution in [3.8, 4) is 5.75 Å². The molecule has 61 heavy (non-hydrogen) atoms. The van der Waals surface area contributed by atoms with E-state index in [1.54, 1.807) is 7.11 Å². The van der Waals surface area contributed by atoms with E-state index in [0.29, 0.717) is 37.4 Å². The average Bonchev–Trinajstić information content (AvgIpc) is 3.92. The molecule has 4 heterocycles. The number of benzene rings is 3. The topological polar surface area (TPSA) is 131 Å².